The molecule has 0 radical (unpaired) electrons. The van der Waals surface area contributed by atoms with E-state index in [2.05, 4.69) is 4.74 Å². The van der Waals surface area contributed by atoms with Gasteiger partial charge in [-0.05, 0) is 6.92 Å². The Morgan fingerprint density at radius 2 is 1.58 bits per heavy atom. The zero-order chi connectivity index (χ0) is 10.1. The summed E-state index contributed by atoms with van der Waals surface area (Å²) in [5.41, 5.74) is 0. The second kappa shape index (κ2) is 8.04. The van der Waals surface area contributed by atoms with E-state index in [4.69, 9.17) is 0 Å². The van der Waals surface area contributed by atoms with Crippen molar-refractivity contribution in [1.29, 1.82) is 0 Å². The van der Waals surface area contributed by atoms with Gasteiger partial charge in [0.25, 0.3) is 5.91 Å². The molecule has 0 aromatic carbocycles. The van der Waals surface area contributed by atoms with E-state index >= 15 is 0 Å². The summed E-state index contributed by atoms with van der Waals surface area (Å²) in [5, 5.41) is 1.97. The molecule has 4 nitrogen and oxygen atoms in total. The molecule has 72 valence electrons. The van der Waals surface area contributed by atoms with Crippen LogP contribution in [0.3, 0.4) is 0 Å². The molecule has 1 fully saturated rings. The first-order valence-corrected chi connectivity index (χ1v) is 4.21. The van der Waals surface area contributed by atoms with Crippen LogP contribution in [0.4, 0.5) is 4.79 Å². The van der Waals surface area contributed by atoms with Crippen molar-refractivity contribution in [2.24, 2.45) is 0 Å². The van der Waals surface area contributed by atoms with Crippen LogP contribution in [-0.2, 0) is 9.53 Å². The van der Waals surface area contributed by atoms with Crippen molar-refractivity contribution in [2.45, 2.75) is 40.7 Å². The molecule has 0 saturated carbocycles. The summed E-state index contributed by atoms with van der Waals surface area (Å²) in [4.78, 5) is 20.4. The third-order valence-electron chi connectivity index (χ3n) is 0.878. The van der Waals surface area contributed by atoms with Gasteiger partial charge in [0.15, 0.2) is 6.10 Å². The maximum Gasteiger partial charge on any atom is 0.414 e. The van der Waals surface area contributed by atoms with Crippen LogP contribution in [0.25, 0.3) is 0 Å². The lowest BCUT2D eigenvalue weighted by molar-refractivity contribution is -0.122. The first-order chi connectivity index (χ1) is 5.70. The Morgan fingerprint density at radius 3 is 1.67 bits per heavy atom. The van der Waals surface area contributed by atoms with Gasteiger partial charge in [0.1, 0.15) is 0 Å². The summed E-state index contributed by atoms with van der Waals surface area (Å²) in [7, 11) is 0. The molecule has 1 heterocycles. The van der Waals surface area contributed by atoms with Gasteiger partial charge in [0, 0.05) is 0 Å². The zero-order valence-electron chi connectivity index (χ0n) is 8.30. The van der Waals surface area contributed by atoms with Crippen molar-refractivity contribution < 1.29 is 14.3 Å². The number of ether oxygens (including phenoxy) is 1. The summed E-state index contributed by atoms with van der Waals surface area (Å²) in [6, 6.07) is 0. The van der Waals surface area contributed by atoms with Gasteiger partial charge in [-0.15, -0.1) is 0 Å². The zero-order valence-corrected chi connectivity index (χ0v) is 8.30. The number of hydrogen-bond acceptors (Lipinski definition) is 3. The Labute approximate surface area is 73.3 Å². The van der Waals surface area contributed by atoms with Gasteiger partial charge < -0.3 is 4.74 Å². The fourth-order valence-corrected chi connectivity index (χ4v) is 0.446. The Balaban J connectivity index is 0. The SMILES string of the molecule is CC.CC.CC1OC(=O)NC1=O. The van der Waals surface area contributed by atoms with Gasteiger partial charge >= 0.3 is 6.09 Å². The summed E-state index contributed by atoms with van der Waals surface area (Å²) in [6.45, 7) is 9.51. The molecule has 1 aliphatic heterocycles. The van der Waals surface area contributed by atoms with Crippen LogP contribution in [0, 0.1) is 0 Å². The number of imide groups is 1. The molecule has 4 heteroatoms. The van der Waals surface area contributed by atoms with Crippen LogP contribution in [-0.4, -0.2) is 18.1 Å². The van der Waals surface area contributed by atoms with Crippen LogP contribution in [0.1, 0.15) is 34.6 Å². The normalized spacial score (nSPS) is 19.2. The number of carbonyl (C=O) groups is 2. The number of hydrogen-bond donors (Lipinski definition) is 1. The molecule has 2 amide bonds. The Bertz CT molecular complexity index is 145. The lowest BCUT2D eigenvalue weighted by Gasteiger charge is -1.91. The number of nitrogens with one attached hydrogen (secondary N) is 1. The van der Waals surface area contributed by atoms with Crippen molar-refractivity contribution in [2.75, 3.05) is 0 Å². The molecule has 0 aliphatic carbocycles. The molecule has 1 atom stereocenters. The molecule has 0 aromatic rings. The van der Waals surface area contributed by atoms with Crippen LogP contribution in [0.2, 0.25) is 0 Å². The van der Waals surface area contributed by atoms with Crippen molar-refractivity contribution in [1.82, 2.24) is 5.32 Å². The van der Waals surface area contributed by atoms with Crippen LogP contribution in [0.5, 0.6) is 0 Å². The van der Waals surface area contributed by atoms with Crippen molar-refractivity contribution in [3.05, 3.63) is 0 Å². The number of amides is 2. The highest BCUT2D eigenvalue weighted by atomic mass is 16.6. The fraction of sp³-hybridized carbons (Fsp3) is 0.750. The van der Waals surface area contributed by atoms with E-state index in [1.54, 1.807) is 0 Å². The smallest absolute Gasteiger partial charge is 0.414 e. The van der Waals surface area contributed by atoms with E-state index in [0.717, 1.165) is 0 Å². The standard InChI is InChI=1S/C4H5NO3.2C2H6/c1-2-3(6)5-4(7)8-2;2*1-2/h2H,1H3,(H,5,6,7);2*1-2H3. The molecule has 1 aliphatic rings. The van der Waals surface area contributed by atoms with Gasteiger partial charge in [-0.25, -0.2) is 4.79 Å². The van der Waals surface area contributed by atoms with Gasteiger partial charge in [0.2, 0.25) is 0 Å². The molecule has 1 saturated heterocycles. The van der Waals surface area contributed by atoms with E-state index in [0.29, 0.717) is 0 Å². The topological polar surface area (TPSA) is 55.4 Å². The van der Waals surface area contributed by atoms with E-state index in [1.807, 2.05) is 33.0 Å². The first kappa shape index (κ1) is 13.5. The largest absolute Gasteiger partial charge is 0.436 e. The second-order valence-electron chi connectivity index (χ2n) is 1.54. The lowest BCUT2D eigenvalue weighted by atomic mass is 10.4. The lowest BCUT2D eigenvalue weighted by Crippen LogP contribution is -2.22. The van der Waals surface area contributed by atoms with E-state index < -0.39 is 12.2 Å². The predicted molar refractivity (Wildman–Crippen MR) is 46.8 cm³/mol. The summed E-state index contributed by atoms with van der Waals surface area (Å²) < 4.78 is 4.37. The third kappa shape index (κ3) is 4.71. The Hall–Kier alpha value is -1.06. The Kier molecular flexibility index (Phi) is 9.06. The average Bonchev–Trinajstić information content (AvgIpc) is 2.37. The summed E-state index contributed by atoms with van der Waals surface area (Å²) in [5.74, 6) is -0.366. The fourth-order valence-electron chi connectivity index (χ4n) is 0.446. The first-order valence-electron chi connectivity index (χ1n) is 4.21. The molecule has 0 bridgehead atoms. The maximum absolute atomic E-state index is 10.3. The number of alkyl carbamates (subject to hydrolysis) is 1. The van der Waals surface area contributed by atoms with E-state index in [-0.39, 0.29) is 5.91 Å². The minimum absolute atomic E-state index is 0.366. The molecule has 1 rings (SSSR count). The monoisotopic (exact) mass is 175 g/mol. The number of carbonyl (C=O) groups excluding carboxylic acids is 2. The van der Waals surface area contributed by atoms with Gasteiger partial charge in [-0.3, -0.25) is 10.1 Å². The third-order valence-corrected chi connectivity index (χ3v) is 0.878. The molecule has 12 heavy (non-hydrogen) atoms. The average molecular weight is 175 g/mol. The minimum Gasteiger partial charge on any atom is -0.436 e. The van der Waals surface area contributed by atoms with Crippen molar-refractivity contribution in [3.63, 3.8) is 0 Å². The van der Waals surface area contributed by atoms with E-state index in [1.165, 1.54) is 6.92 Å². The molecular weight excluding hydrogens is 158 g/mol. The molecular formula is C8H17NO3. The number of rotatable bonds is 0. The van der Waals surface area contributed by atoms with Gasteiger partial charge in [0.05, 0.1) is 0 Å². The second-order valence-corrected chi connectivity index (χ2v) is 1.54. The van der Waals surface area contributed by atoms with Crippen molar-refractivity contribution >= 4 is 12.0 Å². The highest BCUT2D eigenvalue weighted by Gasteiger charge is 2.27. The van der Waals surface area contributed by atoms with Crippen LogP contribution < -0.4 is 5.32 Å². The number of cyclic esters (lactones) is 1. The van der Waals surface area contributed by atoms with Gasteiger partial charge in [-0.1, -0.05) is 27.7 Å². The van der Waals surface area contributed by atoms with E-state index in [9.17, 15) is 9.59 Å². The molecule has 1 unspecified atom stereocenters. The highest BCUT2D eigenvalue weighted by Crippen LogP contribution is 1.98. The Morgan fingerprint density at radius 1 is 1.17 bits per heavy atom. The minimum atomic E-state index is -0.650. The quantitative estimate of drug-likeness (QED) is 0.609. The van der Waals surface area contributed by atoms with Crippen LogP contribution in [0.15, 0.2) is 0 Å². The maximum atomic E-state index is 10.3. The molecule has 1 N–H and O–H groups in total. The molecule has 0 spiro atoms. The highest BCUT2D eigenvalue weighted by molar-refractivity contribution is 5.99. The summed E-state index contributed by atoms with van der Waals surface area (Å²) in [6.07, 6.45) is -1.26. The van der Waals surface area contributed by atoms with Gasteiger partial charge in [-0.2, -0.15) is 0 Å². The van der Waals surface area contributed by atoms with Crippen molar-refractivity contribution in [3.8, 4) is 0 Å². The van der Waals surface area contributed by atoms with Crippen LogP contribution >= 0.6 is 0 Å². The molecule has 0 aromatic heterocycles. The predicted octanol–water partition coefficient (Wildman–Crippen LogP) is 1.69. The summed E-state index contributed by atoms with van der Waals surface area (Å²) >= 11 is 0.